The second kappa shape index (κ2) is 6.27. The molecule has 3 nitrogen and oxygen atoms in total. The monoisotopic (exact) mass is 425 g/mol. The highest BCUT2D eigenvalue weighted by molar-refractivity contribution is 7.17. The van der Waals surface area contributed by atoms with Gasteiger partial charge in [0.15, 0.2) is 17.0 Å². The van der Waals surface area contributed by atoms with Gasteiger partial charge in [-0.3, -0.25) is 0 Å². The average Bonchev–Trinajstić information content (AvgIpc) is 3.17. The summed E-state index contributed by atoms with van der Waals surface area (Å²) >= 11 is 1.79. The number of aryl methyl sites for hydroxylation is 2. The number of ether oxygens (including phenoxy) is 1. The fourth-order valence-corrected chi connectivity index (χ4v) is 5.88. The maximum absolute atomic E-state index is 6.67. The zero-order chi connectivity index (χ0) is 21.5. The third-order valence-corrected chi connectivity index (χ3v) is 7.27. The highest BCUT2D eigenvalue weighted by atomic mass is 32.1. The molecule has 0 radical (unpaired) electrons. The Hall–Kier alpha value is -2.98. The van der Waals surface area contributed by atoms with Crippen LogP contribution < -0.4 is 9.30 Å². The molecule has 0 bridgehead atoms. The molecule has 0 saturated heterocycles. The van der Waals surface area contributed by atoms with E-state index in [1.807, 2.05) is 6.33 Å². The lowest BCUT2D eigenvalue weighted by atomic mass is 9.87. The van der Waals surface area contributed by atoms with Gasteiger partial charge in [0.05, 0.1) is 12.6 Å². The van der Waals surface area contributed by atoms with E-state index in [0.29, 0.717) is 0 Å². The molecule has 0 N–H and O–H groups in total. The van der Waals surface area contributed by atoms with E-state index >= 15 is 0 Å². The fourth-order valence-electron chi connectivity index (χ4n) is 4.99. The van der Waals surface area contributed by atoms with Gasteiger partial charge in [-0.25, -0.2) is 4.57 Å². The molecule has 0 spiro atoms. The maximum atomic E-state index is 6.67. The quantitative estimate of drug-likeness (QED) is 0.207. The van der Waals surface area contributed by atoms with E-state index in [1.165, 1.54) is 37.9 Å². The van der Waals surface area contributed by atoms with Gasteiger partial charge >= 0.3 is 0 Å². The number of hydrogen-bond acceptors (Lipinski definition) is 3. The molecule has 0 unspecified atom stereocenters. The van der Waals surface area contributed by atoms with E-state index in [0.717, 1.165) is 34.2 Å². The molecule has 2 aromatic heterocycles. The first kappa shape index (κ1) is 18.8. The molecule has 5 aromatic rings. The minimum Gasteiger partial charge on any atom is -0.455 e. The summed E-state index contributed by atoms with van der Waals surface area (Å²) in [4.78, 5) is 4.78. The maximum Gasteiger partial charge on any atom is 0.287 e. The molecule has 154 valence electrons. The van der Waals surface area contributed by atoms with Gasteiger partial charge in [-0.1, -0.05) is 39.0 Å². The third kappa shape index (κ3) is 2.78. The van der Waals surface area contributed by atoms with E-state index in [9.17, 15) is 0 Å². The molecule has 31 heavy (non-hydrogen) atoms. The number of benzene rings is 3. The van der Waals surface area contributed by atoms with Crippen molar-refractivity contribution in [1.29, 1.82) is 0 Å². The summed E-state index contributed by atoms with van der Waals surface area (Å²) in [6, 6.07) is 13.4. The number of nitrogens with zero attached hydrogens (tertiary/aromatic N) is 2. The van der Waals surface area contributed by atoms with E-state index < -0.39 is 0 Å². The largest absolute Gasteiger partial charge is 0.455 e. The summed E-state index contributed by atoms with van der Waals surface area (Å²) in [7, 11) is 2.08. The van der Waals surface area contributed by atoms with Gasteiger partial charge in [-0.15, -0.1) is 11.3 Å². The Balaban J connectivity index is 1.70. The normalized spacial score (nSPS) is 13.1. The Morgan fingerprint density at radius 1 is 1.06 bits per heavy atom. The smallest absolute Gasteiger partial charge is 0.287 e. The lowest BCUT2D eigenvalue weighted by Crippen LogP contribution is -2.32. The van der Waals surface area contributed by atoms with Crippen LogP contribution in [0.4, 0.5) is 0 Å². The van der Waals surface area contributed by atoms with Crippen molar-refractivity contribution in [2.45, 2.75) is 34.1 Å². The molecule has 1 aliphatic heterocycles. The predicted octanol–water partition coefficient (Wildman–Crippen LogP) is 7.10. The van der Waals surface area contributed by atoms with Crippen molar-refractivity contribution in [2.75, 3.05) is 0 Å². The van der Waals surface area contributed by atoms with Crippen LogP contribution >= 0.6 is 11.3 Å². The molecule has 0 fully saturated rings. The molecule has 4 heteroatoms. The standard InChI is InChI=1S/C27H25N2OS/c1-15-22-21(12-17-8-9-31-26(15)17)30-25-19-7-6-16(13-27(2,3)4)10-18(19)11-20-23(25)24(22)29(5)14-28-20/h6-12,14H,13H2,1-5H3/q+1. The number of rotatable bonds is 1. The van der Waals surface area contributed by atoms with Crippen LogP contribution in [-0.2, 0) is 13.5 Å². The first-order valence-electron chi connectivity index (χ1n) is 10.7. The van der Waals surface area contributed by atoms with E-state index in [1.54, 1.807) is 11.3 Å². The SMILES string of the molecule is Cc1c2c(cc3ccsc13)Oc1c3ccc(CC(C)(C)C)cc3cc3nc[n+](C)c-2c13. The molecule has 0 aliphatic carbocycles. The van der Waals surface area contributed by atoms with E-state index in [-0.39, 0.29) is 5.41 Å². The minimum atomic E-state index is 0.247. The van der Waals surface area contributed by atoms with Crippen LogP contribution in [0.1, 0.15) is 31.9 Å². The Morgan fingerprint density at radius 2 is 1.90 bits per heavy atom. The van der Waals surface area contributed by atoms with Crippen molar-refractivity contribution >= 4 is 43.1 Å². The highest BCUT2D eigenvalue weighted by Crippen LogP contribution is 2.51. The van der Waals surface area contributed by atoms with Crippen molar-refractivity contribution in [3.63, 3.8) is 0 Å². The third-order valence-electron chi connectivity index (χ3n) is 6.22. The molecule has 3 heterocycles. The summed E-state index contributed by atoms with van der Waals surface area (Å²) in [6.07, 6.45) is 2.97. The van der Waals surface area contributed by atoms with Crippen molar-refractivity contribution in [3.8, 4) is 22.8 Å². The second-order valence-electron chi connectivity index (χ2n) is 9.91. The van der Waals surface area contributed by atoms with Gasteiger partial charge in [0.2, 0.25) is 0 Å². The predicted molar refractivity (Wildman–Crippen MR) is 129 cm³/mol. The first-order chi connectivity index (χ1) is 14.8. The number of aromatic nitrogens is 2. The van der Waals surface area contributed by atoms with Crippen LogP contribution in [0, 0.1) is 12.3 Å². The summed E-state index contributed by atoms with van der Waals surface area (Å²) in [5.41, 5.74) is 6.23. The molecule has 0 saturated carbocycles. The lowest BCUT2D eigenvalue weighted by Gasteiger charge is -2.23. The van der Waals surface area contributed by atoms with E-state index in [2.05, 4.69) is 81.1 Å². The zero-order valence-electron chi connectivity index (χ0n) is 18.5. The van der Waals surface area contributed by atoms with Crippen molar-refractivity contribution in [2.24, 2.45) is 12.5 Å². The highest BCUT2D eigenvalue weighted by Gasteiger charge is 2.31. The van der Waals surface area contributed by atoms with E-state index in [4.69, 9.17) is 9.72 Å². The Bertz CT molecular complexity index is 1540. The Morgan fingerprint density at radius 3 is 2.71 bits per heavy atom. The van der Waals surface area contributed by atoms with Crippen LogP contribution in [-0.4, -0.2) is 4.98 Å². The van der Waals surface area contributed by atoms with Crippen molar-refractivity contribution in [1.82, 2.24) is 4.98 Å². The van der Waals surface area contributed by atoms with Crippen molar-refractivity contribution < 1.29 is 9.30 Å². The summed E-state index contributed by atoms with van der Waals surface area (Å²) in [6.45, 7) is 9.05. The van der Waals surface area contributed by atoms with Gasteiger partial charge in [-0.2, -0.15) is 0 Å². The minimum absolute atomic E-state index is 0.247. The lowest BCUT2D eigenvalue weighted by molar-refractivity contribution is -0.662. The average molecular weight is 426 g/mol. The van der Waals surface area contributed by atoms with Crippen LogP contribution in [0.5, 0.6) is 11.5 Å². The Kier molecular flexibility index (Phi) is 3.79. The van der Waals surface area contributed by atoms with Gasteiger partial charge in [0.1, 0.15) is 11.1 Å². The van der Waals surface area contributed by atoms with Gasteiger partial charge in [0, 0.05) is 10.1 Å². The molecule has 0 atom stereocenters. The molecule has 6 rings (SSSR count). The van der Waals surface area contributed by atoms with Crippen LogP contribution in [0.25, 0.3) is 43.0 Å². The fraction of sp³-hybridized carbons (Fsp3) is 0.259. The number of hydrogen-bond donors (Lipinski definition) is 0. The van der Waals surface area contributed by atoms with Gasteiger partial charge in [0.25, 0.3) is 6.33 Å². The molecular formula is C27H25N2OS+. The summed E-state index contributed by atoms with van der Waals surface area (Å²) in [5, 5.41) is 6.84. The van der Waals surface area contributed by atoms with Crippen molar-refractivity contribution in [3.05, 3.63) is 59.2 Å². The molecular weight excluding hydrogens is 400 g/mol. The zero-order valence-corrected chi connectivity index (χ0v) is 19.4. The van der Waals surface area contributed by atoms with Crippen LogP contribution in [0.2, 0.25) is 0 Å². The summed E-state index contributed by atoms with van der Waals surface area (Å²) < 4.78 is 10.1. The summed E-state index contributed by atoms with van der Waals surface area (Å²) in [5.74, 6) is 1.86. The molecule has 3 aromatic carbocycles. The van der Waals surface area contributed by atoms with Crippen LogP contribution in [0.15, 0.2) is 48.1 Å². The number of fused-ring (bicyclic) bond motifs is 5. The van der Waals surface area contributed by atoms with Crippen LogP contribution in [0.3, 0.4) is 0 Å². The Labute approximate surface area is 185 Å². The topological polar surface area (TPSA) is 26.0 Å². The number of thiophene rings is 1. The molecule has 1 aliphatic rings. The second-order valence-corrected chi connectivity index (χ2v) is 10.8. The molecule has 0 amide bonds. The van der Waals surface area contributed by atoms with Gasteiger partial charge in [-0.05, 0) is 69.2 Å². The van der Waals surface area contributed by atoms with Gasteiger partial charge < -0.3 is 4.74 Å². The first-order valence-corrected chi connectivity index (χ1v) is 11.6.